The number of hydrogen-bond donors (Lipinski definition) is 0. The second-order valence-electron chi connectivity index (χ2n) is 4.12. The molecule has 2 aromatic rings. The number of rotatable bonds is 5. The Balaban J connectivity index is 2.31. The SMILES string of the molecule is CCN(Cc1cccc(Cl)c1)S(=O)(=O)c1sccc1Br. The molecule has 0 saturated heterocycles. The summed E-state index contributed by atoms with van der Waals surface area (Å²) in [5.41, 5.74) is 0.871. The van der Waals surface area contributed by atoms with E-state index in [-0.39, 0.29) is 0 Å². The van der Waals surface area contributed by atoms with Crippen LogP contribution in [-0.4, -0.2) is 19.3 Å². The summed E-state index contributed by atoms with van der Waals surface area (Å²) in [6, 6.07) is 8.98. The Labute approximate surface area is 136 Å². The Morgan fingerprint density at radius 3 is 2.65 bits per heavy atom. The fourth-order valence-electron chi connectivity index (χ4n) is 1.79. The molecule has 108 valence electrons. The van der Waals surface area contributed by atoms with E-state index < -0.39 is 10.0 Å². The Hall–Kier alpha value is -0.400. The molecule has 3 nitrogen and oxygen atoms in total. The topological polar surface area (TPSA) is 37.4 Å². The molecule has 0 aliphatic heterocycles. The number of thiophene rings is 1. The van der Waals surface area contributed by atoms with Gasteiger partial charge in [0.2, 0.25) is 0 Å². The molecule has 2 rings (SSSR count). The van der Waals surface area contributed by atoms with Crippen molar-refractivity contribution in [2.45, 2.75) is 17.7 Å². The van der Waals surface area contributed by atoms with Crippen molar-refractivity contribution in [1.82, 2.24) is 4.31 Å². The van der Waals surface area contributed by atoms with Crippen LogP contribution in [0.2, 0.25) is 5.02 Å². The van der Waals surface area contributed by atoms with Gasteiger partial charge in [0.15, 0.2) is 0 Å². The van der Waals surface area contributed by atoms with Crippen LogP contribution in [-0.2, 0) is 16.6 Å². The van der Waals surface area contributed by atoms with Crippen LogP contribution in [0.3, 0.4) is 0 Å². The minimum atomic E-state index is -3.49. The van der Waals surface area contributed by atoms with Crippen LogP contribution in [0, 0.1) is 0 Å². The van der Waals surface area contributed by atoms with E-state index in [0.29, 0.717) is 26.8 Å². The van der Waals surface area contributed by atoms with Gasteiger partial charge >= 0.3 is 0 Å². The molecule has 7 heteroatoms. The van der Waals surface area contributed by atoms with E-state index in [1.807, 2.05) is 19.1 Å². The summed E-state index contributed by atoms with van der Waals surface area (Å²) in [5, 5.41) is 2.36. The van der Waals surface area contributed by atoms with Gasteiger partial charge in [0.25, 0.3) is 10.0 Å². The first kappa shape index (κ1) is 16.0. The zero-order valence-electron chi connectivity index (χ0n) is 10.7. The Morgan fingerprint density at radius 2 is 2.10 bits per heavy atom. The van der Waals surface area contributed by atoms with Crippen LogP contribution in [0.15, 0.2) is 44.4 Å². The largest absolute Gasteiger partial charge is 0.253 e. The van der Waals surface area contributed by atoms with Crippen molar-refractivity contribution < 1.29 is 8.42 Å². The predicted octanol–water partition coefficient (Wildman–Crippen LogP) is 4.37. The maximum Gasteiger partial charge on any atom is 0.253 e. The first-order chi connectivity index (χ1) is 9.45. The fourth-order valence-corrected chi connectivity index (χ4v) is 5.89. The lowest BCUT2D eigenvalue weighted by Crippen LogP contribution is -2.30. The predicted molar refractivity (Wildman–Crippen MR) is 86.7 cm³/mol. The molecular formula is C13H13BrClNO2S2. The van der Waals surface area contributed by atoms with E-state index in [9.17, 15) is 8.42 Å². The van der Waals surface area contributed by atoms with E-state index in [0.717, 1.165) is 5.56 Å². The smallest absolute Gasteiger partial charge is 0.206 e. The van der Waals surface area contributed by atoms with Crippen molar-refractivity contribution in [1.29, 1.82) is 0 Å². The van der Waals surface area contributed by atoms with Gasteiger partial charge in [-0.25, -0.2) is 8.42 Å². The Morgan fingerprint density at radius 1 is 1.35 bits per heavy atom. The molecule has 0 spiro atoms. The van der Waals surface area contributed by atoms with Crippen molar-refractivity contribution in [2.24, 2.45) is 0 Å². The quantitative estimate of drug-likeness (QED) is 0.755. The Bertz CT molecular complexity index is 700. The van der Waals surface area contributed by atoms with Crippen LogP contribution >= 0.6 is 38.9 Å². The molecule has 0 bridgehead atoms. The molecule has 1 aromatic carbocycles. The molecule has 0 aliphatic rings. The molecule has 0 atom stereocenters. The zero-order valence-corrected chi connectivity index (χ0v) is 14.7. The summed E-state index contributed by atoms with van der Waals surface area (Å²) in [7, 11) is -3.49. The molecule has 0 radical (unpaired) electrons. The van der Waals surface area contributed by atoms with E-state index >= 15 is 0 Å². The third-order valence-corrected chi connectivity index (χ3v) is 7.56. The van der Waals surface area contributed by atoms with Gasteiger partial charge < -0.3 is 0 Å². The molecule has 0 aliphatic carbocycles. The highest BCUT2D eigenvalue weighted by Crippen LogP contribution is 2.31. The average molecular weight is 395 g/mol. The second-order valence-corrected chi connectivity index (χ2v) is 8.46. The molecule has 0 fully saturated rings. The Kier molecular flexibility index (Phi) is 5.25. The molecule has 0 amide bonds. The van der Waals surface area contributed by atoms with Crippen molar-refractivity contribution in [3.05, 3.63) is 50.8 Å². The van der Waals surface area contributed by atoms with Crippen LogP contribution in [0.5, 0.6) is 0 Å². The zero-order chi connectivity index (χ0) is 14.8. The average Bonchev–Trinajstić information content (AvgIpc) is 2.83. The van der Waals surface area contributed by atoms with E-state index in [1.54, 1.807) is 23.6 Å². The number of sulfonamides is 1. The standard InChI is InChI=1S/C13H13BrClNO2S2/c1-2-16(9-10-4-3-5-11(15)8-10)20(17,18)13-12(14)6-7-19-13/h3-8H,2,9H2,1H3. The fraction of sp³-hybridized carbons (Fsp3) is 0.231. The lowest BCUT2D eigenvalue weighted by atomic mass is 10.2. The normalized spacial score (nSPS) is 12.0. The summed E-state index contributed by atoms with van der Waals surface area (Å²) in [6.45, 7) is 2.53. The summed E-state index contributed by atoms with van der Waals surface area (Å²) in [4.78, 5) is 0. The van der Waals surface area contributed by atoms with E-state index in [4.69, 9.17) is 11.6 Å². The van der Waals surface area contributed by atoms with Crippen LogP contribution in [0.4, 0.5) is 0 Å². The maximum atomic E-state index is 12.6. The molecule has 0 unspecified atom stereocenters. The first-order valence-corrected chi connectivity index (χ1v) is 9.41. The first-order valence-electron chi connectivity index (χ1n) is 5.92. The lowest BCUT2D eigenvalue weighted by Gasteiger charge is -2.20. The molecule has 0 saturated carbocycles. The number of nitrogens with zero attached hydrogens (tertiary/aromatic N) is 1. The van der Waals surface area contributed by atoms with Gasteiger partial charge in [-0.3, -0.25) is 0 Å². The second kappa shape index (κ2) is 6.58. The van der Waals surface area contributed by atoms with Crippen LogP contribution < -0.4 is 0 Å². The van der Waals surface area contributed by atoms with Crippen molar-refractivity contribution >= 4 is 48.9 Å². The van der Waals surface area contributed by atoms with Gasteiger partial charge in [-0.15, -0.1) is 11.3 Å². The number of benzene rings is 1. The molecule has 0 N–H and O–H groups in total. The summed E-state index contributed by atoms with van der Waals surface area (Å²) < 4.78 is 27.6. The number of halogens is 2. The lowest BCUT2D eigenvalue weighted by molar-refractivity contribution is 0.424. The summed E-state index contributed by atoms with van der Waals surface area (Å²) in [6.07, 6.45) is 0. The van der Waals surface area contributed by atoms with Gasteiger partial charge in [-0.2, -0.15) is 4.31 Å². The van der Waals surface area contributed by atoms with Gasteiger partial charge in [0, 0.05) is 22.6 Å². The third kappa shape index (κ3) is 3.43. The van der Waals surface area contributed by atoms with Gasteiger partial charge in [0.1, 0.15) is 4.21 Å². The van der Waals surface area contributed by atoms with Crippen molar-refractivity contribution in [3.63, 3.8) is 0 Å². The summed E-state index contributed by atoms with van der Waals surface area (Å²) >= 11 is 10.4. The van der Waals surface area contributed by atoms with Crippen molar-refractivity contribution in [2.75, 3.05) is 6.54 Å². The number of hydrogen-bond acceptors (Lipinski definition) is 3. The maximum absolute atomic E-state index is 12.6. The van der Waals surface area contributed by atoms with Gasteiger partial charge in [-0.1, -0.05) is 30.7 Å². The highest BCUT2D eigenvalue weighted by molar-refractivity contribution is 9.10. The molecule has 20 heavy (non-hydrogen) atoms. The highest BCUT2D eigenvalue weighted by Gasteiger charge is 2.26. The van der Waals surface area contributed by atoms with Crippen LogP contribution in [0.25, 0.3) is 0 Å². The molecular weight excluding hydrogens is 382 g/mol. The van der Waals surface area contributed by atoms with E-state index in [2.05, 4.69) is 15.9 Å². The molecule has 1 aromatic heterocycles. The van der Waals surface area contributed by atoms with Gasteiger partial charge in [-0.05, 0) is 45.1 Å². The van der Waals surface area contributed by atoms with Crippen LogP contribution in [0.1, 0.15) is 12.5 Å². The molecule has 1 heterocycles. The minimum absolute atomic E-state index is 0.309. The summed E-state index contributed by atoms with van der Waals surface area (Å²) in [5.74, 6) is 0. The minimum Gasteiger partial charge on any atom is -0.206 e. The van der Waals surface area contributed by atoms with E-state index in [1.165, 1.54) is 15.6 Å². The monoisotopic (exact) mass is 393 g/mol. The van der Waals surface area contributed by atoms with Crippen molar-refractivity contribution in [3.8, 4) is 0 Å². The third-order valence-electron chi connectivity index (χ3n) is 2.76. The highest BCUT2D eigenvalue weighted by atomic mass is 79.9. The van der Waals surface area contributed by atoms with Gasteiger partial charge in [0.05, 0.1) is 0 Å².